The Bertz CT molecular complexity index is 878. The van der Waals surface area contributed by atoms with Crippen molar-refractivity contribution in [1.82, 2.24) is 4.98 Å². The molecular formula is C17H13N3O3S. The molecule has 0 spiro atoms. The topological polar surface area (TPSA) is 94.3 Å². The number of nitrogens with zero attached hydrogens (tertiary/aromatic N) is 1. The van der Waals surface area contributed by atoms with E-state index in [1.165, 1.54) is 11.3 Å². The fourth-order valence-electron chi connectivity index (χ4n) is 2.00. The number of anilines is 1. The number of aromatic nitrogens is 1. The first-order valence-corrected chi connectivity index (χ1v) is 7.89. The second kappa shape index (κ2) is 6.93. The summed E-state index contributed by atoms with van der Waals surface area (Å²) in [6, 6.07) is 13.6. The normalized spacial score (nSPS) is 10.2. The van der Waals surface area contributed by atoms with E-state index in [1.807, 2.05) is 0 Å². The van der Waals surface area contributed by atoms with E-state index in [-0.39, 0.29) is 11.5 Å². The number of benzene rings is 1. The van der Waals surface area contributed by atoms with E-state index in [4.69, 9.17) is 10.5 Å². The van der Waals surface area contributed by atoms with Crippen molar-refractivity contribution >= 4 is 28.2 Å². The summed E-state index contributed by atoms with van der Waals surface area (Å²) in [5.41, 5.74) is 5.95. The summed E-state index contributed by atoms with van der Waals surface area (Å²) in [4.78, 5) is 27.7. The Labute approximate surface area is 141 Å². The average Bonchev–Trinajstić information content (AvgIpc) is 3.04. The molecule has 2 heterocycles. The minimum atomic E-state index is -0.584. The van der Waals surface area contributed by atoms with Crippen LogP contribution in [0.3, 0.4) is 0 Å². The highest BCUT2D eigenvalue weighted by Crippen LogP contribution is 2.25. The van der Waals surface area contributed by atoms with Gasteiger partial charge < -0.3 is 15.8 Å². The molecule has 24 heavy (non-hydrogen) atoms. The van der Waals surface area contributed by atoms with Gasteiger partial charge in [0.05, 0.1) is 5.56 Å². The Balaban J connectivity index is 1.77. The summed E-state index contributed by atoms with van der Waals surface area (Å²) in [6.07, 6.45) is 1.62. The van der Waals surface area contributed by atoms with Gasteiger partial charge in [-0.05, 0) is 35.7 Å². The lowest BCUT2D eigenvalue weighted by Crippen LogP contribution is -2.16. The molecule has 3 aromatic rings. The number of nitrogens with one attached hydrogen (secondary N) is 1. The first kappa shape index (κ1) is 15.7. The molecule has 0 radical (unpaired) electrons. The number of hydrogen-bond donors (Lipinski definition) is 2. The summed E-state index contributed by atoms with van der Waals surface area (Å²) in [7, 11) is 0. The summed E-state index contributed by atoms with van der Waals surface area (Å²) >= 11 is 1.23. The maximum atomic E-state index is 12.4. The number of ether oxygens (including phenoxy) is 1. The van der Waals surface area contributed by atoms with Crippen molar-refractivity contribution in [2.24, 2.45) is 5.73 Å². The summed E-state index contributed by atoms with van der Waals surface area (Å²) in [5.74, 6) is -0.0165. The van der Waals surface area contributed by atoms with Gasteiger partial charge in [0.25, 0.3) is 11.8 Å². The predicted octanol–water partition coefficient (Wildman–Crippen LogP) is 3.29. The number of thiophene rings is 1. The average molecular weight is 339 g/mol. The largest absolute Gasteiger partial charge is 0.439 e. The first-order valence-electron chi connectivity index (χ1n) is 7.01. The highest BCUT2D eigenvalue weighted by Gasteiger charge is 2.14. The molecule has 0 fully saturated rings. The molecule has 0 unspecified atom stereocenters. The number of pyridine rings is 1. The zero-order valence-corrected chi connectivity index (χ0v) is 13.2. The van der Waals surface area contributed by atoms with Crippen LogP contribution in [0.15, 0.2) is 60.1 Å². The number of nitrogens with two attached hydrogens (primary N) is 1. The van der Waals surface area contributed by atoms with Crippen LogP contribution in [-0.4, -0.2) is 16.8 Å². The van der Waals surface area contributed by atoms with E-state index in [9.17, 15) is 9.59 Å². The van der Waals surface area contributed by atoms with Gasteiger partial charge in [-0.3, -0.25) is 9.59 Å². The molecule has 3 rings (SSSR count). The van der Waals surface area contributed by atoms with Crippen LogP contribution in [0.1, 0.15) is 20.7 Å². The molecule has 3 N–H and O–H groups in total. The molecular weight excluding hydrogens is 326 g/mol. The molecule has 0 saturated heterocycles. The summed E-state index contributed by atoms with van der Waals surface area (Å²) < 4.78 is 5.60. The Morgan fingerprint density at radius 1 is 1.12 bits per heavy atom. The molecule has 120 valence electrons. The fourth-order valence-corrected chi connectivity index (χ4v) is 2.79. The molecule has 0 atom stereocenters. The molecule has 0 saturated carbocycles. The molecule has 2 amide bonds. The SMILES string of the molecule is NC(=O)c1ccsc1NC(=O)c1cccc(Oc2ccccn2)c1. The number of rotatable bonds is 5. The Kier molecular flexibility index (Phi) is 4.53. The van der Waals surface area contributed by atoms with E-state index in [0.29, 0.717) is 22.2 Å². The lowest BCUT2D eigenvalue weighted by Gasteiger charge is -2.07. The van der Waals surface area contributed by atoms with Crippen LogP contribution in [0.4, 0.5) is 5.00 Å². The van der Waals surface area contributed by atoms with Gasteiger partial charge in [0.2, 0.25) is 5.88 Å². The second-order valence-electron chi connectivity index (χ2n) is 4.78. The maximum absolute atomic E-state index is 12.4. The van der Waals surface area contributed by atoms with Crippen LogP contribution in [0, 0.1) is 0 Å². The third-order valence-corrected chi connectivity index (χ3v) is 3.94. The van der Waals surface area contributed by atoms with Crippen LogP contribution in [0.2, 0.25) is 0 Å². The third-order valence-electron chi connectivity index (χ3n) is 3.11. The minimum Gasteiger partial charge on any atom is -0.439 e. The number of carbonyl (C=O) groups is 2. The van der Waals surface area contributed by atoms with Gasteiger partial charge in [-0.25, -0.2) is 4.98 Å². The first-order chi connectivity index (χ1) is 11.6. The van der Waals surface area contributed by atoms with Gasteiger partial charge in [0.1, 0.15) is 10.8 Å². The Hall–Kier alpha value is -3.19. The van der Waals surface area contributed by atoms with E-state index >= 15 is 0 Å². The van der Waals surface area contributed by atoms with Crippen LogP contribution in [0.5, 0.6) is 11.6 Å². The van der Waals surface area contributed by atoms with Crippen LogP contribution in [-0.2, 0) is 0 Å². The third kappa shape index (κ3) is 3.58. The molecule has 2 aromatic heterocycles. The molecule has 1 aromatic carbocycles. The lowest BCUT2D eigenvalue weighted by molar-refractivity contribution is 0.100. The van der Waals surface area contributed by atoms with E-state index in [2.05, 4.69) is 10.3 Å². The molecule has 0 bridgehead atoms. The summed E-state index contributed by atoms with van der Waals surface area (Å²) in [6.45, 7) is 0. The fraction of sp³-hybridized carbons (Fsp3) is 0. The van der Waals surface area contributed by atoms with Crippen molar-refractivity contribution in [2.75, 3.05) is 5.32 Å². The van der Waals surface area contributed by atoms with Gasteiger partial charge in [-0.2, -0.15) is 0 Å². The van der Waals surface area contributed by atoms with Crippen molar-refractivity contribution in [2.45, 2.75) is 0 Å². The predicted molar refractivity (Wildman–Crippen MR) is 91.5 cm³/mol. The van der Waals surface area contributed by atoms with Gasteiger partial charge in [0, 0.05) is 17.8 Å². The summed E-state index contributed by atoms with van der Waals surface area (Å²) in [5, 5.41) is 4.80. The molecule has 0 aliphatic heterocycles. The van der Waals surface area contributed by atoms with Crippen molar-refractivity contribution in [3.63, 3.8) is 0 Å². The molecule has 7 heteroatoms. The number of carbonyl (C=O) groups excluding carboxylic acids is 2. The number of amides is 2. The van der Waals surface area contributed by atoms with Gasteiger partial charge in [-0.1, -0.05) is 12.1 Å². The van der Waals surface area contributed by atoms with E-state index < -0.39 is 5.91 Å². The van der Waals surface area contributed by atoms with Crippen LogP contribution < -0.4 is 15.8 Å². The Morgan fingerprint density at radius 3 is 2.75 bits per heavy atom. The van der Waals surface area contributed by atoms with Crippen molar-refractivity contribution in [3.05, 3.63) is 71.2 Å². The zero-order valence-electron chi connectivity index (χ0n) is 12.4. The van der Waals surface area contributed by atoms with E-state index in [1.54, 1.807) is 60.1 Å². The molecule has 0 aliphatic carbocycles. The standard InChI is InChI=1S/C17H13N3O3S/c18-15(21)13-7-9-24-17(13)20-16(22)11-4-3-5-12(10-11)23-14-6-1-2-8-19-14/h1-10H,(H2,18,21)(H,20,22). The van der Waals surface area contributed by atoms with Crippen molar-refractivity contribution in [3.8, 4) is 11.6 Å². The van der Waals surface area contributed by atoms with Gasteiger partial charge >= 0.3 is 0 Å². The second-order valence-corrected chi connectivity index (χ2v) is 5.70. The van der Waals surface area contributed by atoms with Gasteiger partial charge in [0.15, 0.2) is 0 Å². The highest BCUT2D eigenvalue weighted by atomic mass is 32.1. The monoisotopic (exact) mass is 339 g/mol. The highest BCUT2D eigenvalue weighted by molar-refractivity contribution is 7.14. The number of hydrogen-bond acceptors (Lipinski definition) is 5. The minimum absolute atomic E-state index is 0.286. The zero-order chi connectivity index (χ0) is 16.9. The van der Waals surface area contributed by atoms with Crippen molar-refractivity contribution < 1.29 is 14.3 Å². The smallest absolute Gasteiger partial charge is 0.256 e. The quantitative estimate of drug-likeness (QED) is 0.746. The number of primary amides is 1. The van der Waals surface area contributed by atoms with Gasteiger partial charge in [-0.15, -0.1) is 11.3 Å². The maximum Gasteiger partial charge on any atom is 0.256 e. The molecule has 0 aliphatic rings. The van der Waals surface area contributed by atoms with E-state index in [0.717, 1.165) is 0 Å². The molecule has 6 nitrogen and oxygen atoms in total. The Morgan fingerprint density at radius 2 is 2.00 bits per heavy atom. The lowest BCUT2D eigenvalue weighted by atomic mass is 10.2. The van der Waals surface area contributed by atoms with Crippen molar-refractivity contribution in [1.29, 1.82) is 0 Å². The van der Waals surface area contributed by atoms with Crippen LogP contribution >= 0.6 is 11.3 Å². The van der Waals surface area contributed by atoms with Crippen LogP contribution in [0.25, 0.3) is 0 Å².